The Bertz CT molecular complexity index is 902. The number of anilines is 1. The molecule has 1 amide bonds. The predicted octanol–water partition coefficient (Wildman–Crippen LogP) is 3.00. The second kappa shape index (κ2) is 9.75. The van der Waals surface area contributed by atoms with Gasteiger partial charge >= 0.3 is 0 Å². The van der Waals surface area contributed by atoms with E-state index in [1.54, 1.807) is 11.8 Å². The van der Waals surface area contributed by atoms with Gasteiger partial charge in [-0.3, -0.25) is 4.79 Å². The minimum Gasteiger partial charge on any atom is -0.375 e. The van der Waals surface area contributed by atoms with E-state index in [0.717, 1.165) is 23.8 Å². The van der Waals surface area contributed by atoms with Crippen LogP contribution in [0.25, 0.3) is 0 Å². The van der Waals surface area contributed by atoms with Gasteiger partial charge < -0.3 is 10.6 Å². The van der Waals surface area contributed by atoms with E-state index in [0.29, 0.717) is 6.54 Å². The van der Waals surface area contributed by atoms with Crippen molar-refractivity contribution in [3.8, 4) is 0 Å². The van der Waals surface area contributed by atoms with Gasteiger partial charge in [0.25, 0.3) is 0 Å². The zero-order chi connectivity index (χ0) is 19.9. The molecule has 146 valence electrons. The maximum absolute atomic E-state index is 13.8. The van der Waals surface area contributed by atoms with E-state index >= 15 is 0 Å². The molecule has 0 aromatic heterocycles. The minimum atomic E-state index is -3.74. The highest BCUT2D eigenvalue weighted by molar-refractivity contribution is 7.98. The van der Waals surface area contributed by atoms with E-state index in [2.05, 4.69) is 35.8 Å². The molecule has 0 saturated heterocycles. The number of carbonyl (C=O) groups excluding carboxylic acids is 1. The maximum atomic E-state index is 13.8. The fourth-order valence-corrected chi connectivity index (χ4v) is 4.29. The van der Waals surface area contributed by atoms with Crippen molar-refractivity contribution in [1.82, 2.24) is 5.32 Å². The number of thioether (sulfide) groups is 1. The quantitative estimate of drug-likeness (QED) is 0.622. The molecule has 5 nitrogen and oxygen atoms in total. The van der Waals surface area contributed by atoms with Crippen LogP contribution in [-0.4, -0.2) is 39.4 Å². The molecule has 0 saturated carbocycles. The van der Waals surface area contributed by atoms with Crippen LogP contribution in [0, 0.1) is 12.7 Å². The molecule has 0 bridgehead atoms. The van der Waals surface area contributed by atoms with Gasteiger partial charge in [0, 0.05) is 24.3 Å². The van der Waals surface area contributed by atoms with E-state index in [1.165, 1.54) is 23.3 Å². The molecule has 0 heterocycles. The van der Waals surface area contributed by atoms with Gasteiger partial charge in [0.1, 0.15) is 10.7 Å². The van der Waals surface area contributed by atoms with Crippen LogP contribution in [0.3, 0.4) is 0 Å². The SMILES string of the molecule is Cc1cccc(CSCCNC(=O)CNc2cccc(F)c2S(C)(=O)=O)c1. The van der Waals surface area contributed by atoms with Gasteiger partial charge in [-0.25, -0.2) is 12.8 Å². The molecule has 0 fully saturated rings. The molecule has 0 unspecified atom stereocenters. The van der Waals surface area contributed by atoms with Gasteiger partial charge in [0.2, 0.25) is 5.91 Å². The molecule has 0 radical (unpaired) electrons. The number of rotatable bonds is 9. The smallest absolute Gasteiger partial charge is 0.239 e. The molecule has 0 aliphatic rings. The van der Waals surface area contributed by atoms with E-state index in [9.17, 15) is 17.6 Å². The third kappa shape index (κ3) is 6.88. The molecule has 2 N–H and O–H groups in total. The fourth-order valence-electron chi connectivity index (χ4n) is 2.52. The van der Waals surface area contributed by atoms with Crippen LogP contribution < -0.4 is 10.6 Å². The molecule has 0 spiro atoms. The van der Waals surface area contributed by atoms with Crippen molar-refractivity contribution in [2.45, 2.75) is 17.6 Å². The predicted molar refractivity (Wildman–Crippen MR) is 108 cm³/mol. The summed E-state index contributed by atoms with van der Waals surface area (Å²) in [7, 11) is -3.74. The zero-order valence-corrected chi connectivity index (χ0v) is 16.9. The highest BCUT2D eigenvalue weighted by Crippen LogP contribution is 2.24. The largest absolute Gasteiger partial charge is 0.375 e. The van der Waals surface area contributed by atoms with Gasteiger partial charge in [-0.15, -0.1) is 0 Å². The first-order valence-electron chi connectivity index (χ1n) is 8.40. The third-order valence-electron chi connectivity index (χ3n) is 3.70. The van der Waals surface area contributed by atoms with Gasteiger partial charge in [-0.1, -0.05) is 35.9 Å². The van der Waals surface area contributed by atoms with Crippen molar-refractivity contribution in [3.05, 3.63) is 59.4 Å². The first-order chi connectivity index (χ1) is 12.8. The molecule has 0 aliphatic carbocycles. The van der Waals surface area contributed by atoms with E-state index in [-0.39, 0.29) is 18.1 Å². The van der Waals surface area contributed by atoms with Crippen LogP contribution in [0.4, 0.5) is 10.1 Å². The number of halogens is 1. The number of carbonyl (C=O) groups is 1. The van der Waals surface area contributed by atoms with Crippen molar-refractivity contribution in [1.29, 1.82) is 0 Å². The lowest BCUT2D eigenvalue weighted by Crippen LogP contribution is -2.31. The second-order valence-electron chi connectivity index (χ2n) is 6.13. The number of hydrogen-bond donors (Lipinski definition) is 2. The summed E-state index contributed by atoms with van der Waals surface area (Å²) >= 11 is 1.72. The molecule has 2 aromatic carbocycles. The molecule has 0 aliphatic heterocycles. The van der Waals surface area contributed by atoms with Crippen molar-refractivity contribution in [2.24, 2.45) is 0 Å². The van der Waals surface area contributed by atoms with Crippen molar-refractivity contribution < 1.29 is 17.6 Å². The Hall–Kier alpha value is -2.06. The lowest BCUT2D eigenvalue weighted by atomic mass is 10.2. The highest BCUT2D eigenvalue weighted by atomic mass is 32.2. The Kier molecular flexibility index (Phi) is 7.67. The Morgan fingerprint density at radius 3 is 2.63 bits per heavy atom. The van der Waals surface area contributed by atoms with Crippen LogP contribution >= 0.6 is 11.8 Å². The van der Waals surface area contributed by atoms with E-state index < -0.39 is 20.5 Å². The summed E-state index contributed by atoms with van der Waals surface area (Å²) in [6.07, 6.45) is 0.933. The van der Waals surface area contributed by atoms with Gasteiger partial charge in [-0.05, 0) is 24.6 Å². The average molecular weight is 411 g/mol. The van der Waals surface area contributed by atoms with Crippen molar-refractivity contribution in [3.63, 3.8) is 0 Å². The Balaban J connectivity index is 1.75. The summed E-state index contributed by atoms with van der Waals surface area (Å²) in [5, 5.41) is 5.45. The summed E-state index contributed by atoms with van der Waals surface area (Å²) in [5.74, 6) is 0.510. The molecule has 0 atom stereocenters. The zero-order valence-electron chi connectivity index (χ0n) is 15.3. The van der Waals surface area contributed by atoms with Crippen LogP contribution in [0.5, 0.6) is 0 Å². The number of amides is 1. The molecular formula is C19H23FN2O3S2. The summed E-state index contributed by atoms with van der Waals surface area (Å²) in [5.41, 5.74) is 2.55. The lowest BCUT2D eigenvalue weighted by molar-refractivity contribution is -0.119. The summed E-state index contributed by atoms with van der Waals surface area (Å²) in [6, 6.07) is 12.2. The average Bonchev–Trinajstić information content (AvgIpc) is 2.58. The minimum absolute atomic E-state index is 0.0847. The fraction of sp³-hybridized carbons (Fsp3) is 0.316. The second-order valence-corrected chi connectivity index (χ2v) is 9.19. The lowest BCUT2D eigenvalue weighted by Gasteiger charge is -2.12. The van der Waals surface area contributed by atoms with Gasteiger partial charge in [0.05, 0.1) is 12.2 Å². The number of nitrogens with one attached hydrogen (secondary N) is 2. The first kappa shape index (κ1) is 21.2. The van der Waals surface area contributed by atoms with Crippen molar-refractivity contribution >= 4 is 33.2 Å². The van der Waals surface area contributed by atoms with E-state index in [4.69, 9.17) is 0 Å². The van der Waals surface area contributed by atoms with Gasteiger partial charge in [0.15, 0.2) is 9.84 Å². The van der Waals surface area contributed by atoms with Crippen molar-refractivity contribution in [2.75, 3.05) is 30.4 Å². The molecule has 8 heteroatoms. The Morgan fingerprint density at radius 1 is 1.19 bits per heavy atom. The number of hydrogen-bond acceptors (Lipinski definition) is 5. The topological polar surface area (TPSA) is 75.3 Å². The Morgan fingerprint density at radius 2 is 1.93 bits per heavy atom. The monoisotopic (exact) mass is 410 g/mol. The summed E-state index contributed by atoms with van der Waals surface area (Å²) in [4.78, 5) is 11.5. The molecule has 27 heavy (non-hydrogen) atoms. The number of sulfone groups is 1. The Labute approximate surface area is 163 Å². The standard InChI is InChI=1S/C19H23FN2O3S2/c1-14-5-3-6-15(11-14)13-26-10-9-21-18(23)12-22-17-8-4-7-16(20)19(17)27(2,24)25/h3-8,11,22H,9-10,12-13H2,1-2H3,(H,21,23). The van der Waals surface area contributed by atoms with Crippen LogP contribution in [0.1, 0.15) is 11.1 Å². The van der Waals surface area contributed by atoms with Crippen LogP contribution in [0.2, 0.25) is 0 Å². The van der Waals surface area contributed by atoms with Crippen LogP contribution in [-0.2, 0) is 20.4 Å². The van der Waals surface area contributed by atoms with Gasteiger partial charge in [-0.2, -0.15) is 11.8 Å². The molecular weight excluding hydrogens is 387 g/mol. The number of benzene rings is 2. The highest BCUT2D eigenvalue weighted by Gasteiger charge is 2.18. The number of aryl methyl sites for hydroxylation is 1. The first-order valence-corrected chi connectivity index (χ1v) is 11.4. The van der Waals surface area contributed by atoms with Crippen LogP contribution in [0.15, 0.2) is 47.4 Å². The summed E-state index contributed by atoms with van der Waals surface area (Å²) in [6.45, 7) is 2.42. The normalized spacial score (nSPS) is 11.2. The summed E-state index contributed by atoms with van der Waals surface area (Å²) < 4.78 is 37.2. The molecule has 2 rings (SSSR count). The maximum Gasteiger partial charge on any atom is 0.239 e. The van der Waals surface area contributed by atoms with E-state index in [1.807, 2.05) is 6.07 Å². The third-order valence-corrected chi connectivity index (χ3v) is 5.88. The molecule has 2 aromatic rings.